The molecule has 0 aliphatic carbocycles. The predicted octanol–water partition coefficient (Wildman–Crippen LogP) is 4.61. The van der Waals surface area contributed by atoms with Gasteiger partial charge in [0.25, 0.3) is 0 Å². The van der Waals surface area contributed by atoms with Crippen LogP contribution < -0.4 is 0 Å². The highest BCUT2D eigenvalue weighted by molar-refractivity contribution is 7.98. The molecule has 4 rings (SSSR count). The topological polar surface area (TPSA) is 47.6 Å². The van der Waals surface area contributed by atoms with Gasteiger partial charge in [-0.15, -0.1) is 0 Å². The lowest BCUT2D eigenvalue weighted by atomic mass is 10.0. The van der Waals surface area contributed by atoms with Gasteiger partial charge >= 0.3 is 0 Å². The van der Waals surface area contributed by atoms with Gasteiger partial charge in [-0.05, 0) is 34.4 Å². The molecule has 2 aliphatic heterocycles. The maximum atomic E-state index is 9.37. The summed E-state index contributed by atoms with van der Waals surface area (Å²) < 4.78 is 0. The zero-order valence-corrected chi connectivity index (χ0v) is 13.6. The van der Waals surface area contributed by atoms with E-state index in [1.165, 1.54) is 11.1 Å². The first kappa shape index (κ1) is 15.0. The van der Waals surface area contributed by atoms with E-state index in [9.17, 15) is 10.5 Å². The van der Waals surface area contributed by atoms with E-state index in [1.54, 1.807) is 23.5 Å². The minimum Gasteiger partial charge on any atom is -0.192 e. The fourth-order valence-corrected chi connectivity index (χ4v) is 4.46. The van der Waals surface area contributed by atoms with E-state index in [0.29, 0.717) is 11.1 Å². The summed E-state index contributed by atoms with van der Waals surface area (Å²) in [4.78, 5) is 0. The molecule has 108 valence electrons. The van der Waals surface area contributed by atoms with Crippen molar-refractivity contribution in [3.63, 3.8) is 0 Å². The molecule has 0 saturated carbocycles. The number of nitriles is 2. The Balaban J connectivity index is 1.99. The molecule has 0 radical (unpaired) electrons. The van der Waals surface area contributed by atoms with Crippen LogP contribution in [0.2, 0.25) is 0 Å². The molecule has 4 bridgehead atoms. The molecule has 0 amide bonds. The second-order valence-electron chi connectivity index (χ2n) is 5.20. The predicted molar refractivity (Wildman–Crippen MR) is 92.3 cm³/mol. The van der Waals surface area contributed by atoms with Gasteiger partial charge in [-0.1, -0.05) is 24.3 Å². The number of hydrogen-bond donors (Lipinski definition) is 0. The monoisotopic (exact) mass is 322 g/mol. The Hall–Kier alpha value is -1.88. The van der Waals surface area contributed by atoms with E-state index in [2.05, 4.69) is 36.4 Å². The summed E-state index contributed by atoms with van der Waals surface area (Å²) in [6, 6.07) is 17.0. The Bertz CT molecular complexity index is 722. The maximum Gasteiger partial charge on any atom is 0.0994 e. The summed E-state index contributed by atoms with van der Waals surface area (Å²) in [5.74, 6) is 3.37. The lowest BCUT2D eigenvalue weighted by Gasteiger charge is -2.09. The smallest absolute Gasteiger partial charge is 0.0994 e. The average molecular weight is 322 g/mol. The molecule has 2 aliphatic rings. The molecule has 0 saturated heterocycles. The van der Waals surface area contributed by atoms with Crippen LogP contribution in [0.1, 0.15) is 33.4 Å². The second kappa shape index (κ2) is 6.92. The van der Waals surface area contributed by atoms with E-state index in [0.717, 1.165) is 34.1 Å². The van der Waals surface area contributed by atoms with Crippen LogP contribution in [0.4, 0.5) is 0 Å². The number of benzene rings is 2. The largest absolute Gasteiger partial charge is 0.192 e. The Kier molecular flexibility index (Phi) is 4.73. The van der Waals surface area contributed by atoms with Crippen LogP contribution in [-0.2, 0) is 23.0 Å². The highest BCUT2D eigenvalue weighted by Gasteiger charge is 2.11. The van der Waals surface area contributed by atoms with Gasteiger partial charge in [0.2, 0.25) is 0 Å². The molecule has 0 spiro atoms. The van der Waals surface area contributed by atoms with Gasteiger partial charge in [-0.25, -0.2) is 0 Å². The first-order chi connectivity index (χ1) is 10.8. The number of thioether (sulfide) groups is 2. The van der Waals surface area contributed by atoms with Crippen LogP contribution in [0.15, 0.2) is 36.4 Å². The molecular weight excluding hydrogens is 308 g/mol. The standard InChI is InChI=1S/C18H14N2S2/c19-7-15-6-18-12-22-10-14-3-1-2-13(4-14)9-21-11-17(15)5-16(18)8-20/h1-6H,9-12H2. The van der Waals surface area contributed by atoms with Crippen LogP contribution >= 0.6 is 23.5 Å². The maximum absolute atomic E-state index is 9.37. The van der Waals surface area contributed by atoms with Gasteiger partial charge in [0.05, 0.1) is 23.3 Å². The summed E-state index contributed by atoms with van der Waals surface area (Å²) in [7, 11) is 0. The zero-order valence-electron chi connectivity index (χ0n) is 12.0. The molecule has 0 fully saturated rings. The molecule has 2 aromatic rings. The third kappa shape index (κ3) is 3.30. The summed E-state index contributed by atoms with van der Waals surface area (Å²) in [6.45, 7) is 0. The molecule has 4 heteroatoms. The van der Waals surface area contributed by atoms with Crippen LogP contribution in [-0.4, -0.2) is 0 Å². The molecule has 2 nitrogen and oxygen atoms in total. The number of hydrogen-bond acceptors (Lipinski definition) is 4. The van der Waals surface area contributed by atoms with Gasteiger partial charge in [-0.2, -0.15) is 34.0 Å². The van der Waals surface area contributed by atoms with Crippen LogP contribution in [0.3, 0.4) is 0 Å². The molecule has 0 atom stereocenters. The van der Waals surface area contributed by atoms with Gasteiger partial charge in [0.15, 0.2) is 0 Å². The SMILES string of the molecule is N#Cc1cc2c(C#N)cc1CSCc1cccc(c1)CSC2. The van der Waals surface area contributed by atoms with Crippen LogP contribution in [0.25, 0.3) is 0 Å². The van der Waals surface area contributed by atoms with Crippen molar-refractivity contribution < 1.29 is 0 Å². The van der Waals surface area contributed by atoms with E-state index < -0.39 is 0 Å². The van der Waals surface area contributed by atoms with E-state index in [1.807, 2.05) is 12.1 Å². The molecule has 2 aromatic carbocycles. The third-order valence-corrected chi connectivity index (χ3v) is 5.72. The Labute approximate surface area is 139 Å². The minimum atomic E-state index is 0.702. The summed E-state index contributed by atoms with van der Waals surface area (Å²) in [5.41, 5.74) is 5.97. The molecule has 2 heterocycles. The van der Waals surface area contributed by atoms with Crippen molar-refractivity contribution in [1.29, 1.82) is 10.5 Å². The highest BCUT2D eigenvalue weighted by atomic mass is 32.2. The van der Waals surface area contributed by atoms with Crippen molar-refractivity contribution in [3.05, 3.63) is 69.8 Å². The molecular formula is C18H14N2S2. The Morgan fingerprint density at radius 2 is 1.23 bits per heavy atom. The fourth-order valence-electron chi connectivity index (χ4n) is 2.50. The summed E-state index contributed by atoms with van der Waals surface area (Å²) in [5, 5.41) is 18.7. The van der Waals surface area contributed by atoms with Crippen molar-refractivity contribution in [2.24, 2.45) is 0 Å². The number of fused-ring (bicyclic) bond motifs is 6. The van der Waals surface area contributed by atoms with E-state index >= 15 is 0 Å². The van der Waals surface area contributed by atoms with Gasteiger partial charge in [0.1, 0.15) is 0 Å². The Morgan fingerprint density at radius 1 is 0.727 bits per heavy atom. The van der Waals surface area contributed by atoms with Crippen molar-refractivity contribution in [2.45, 2.75) is 23.0 Å². The molecule has 0 unspecified atom stereocenters. The van der Waals surface area contributed by atoms with Crippen molar-refractivity contribution in [2.75, 3.05) is 0 Å². The van der Waals surface area contributed by atoms with E-state index in [4.69, 9.17) is 0 Å². The normalized spacial score (nSPS) is 14.1. The third-order valence-electron chi connectivity index (χ3n) is 3.61. The van der Waals surface area contributed by atoms with Crippen molar-refractivity contribution in [1.82, 2.24) is 0 Å². The highest BCUT2D eigenvalue weighted by Crippen LogP contribution is 2.28. The van der Waals surface area contributed by atoms with Crippen LogP contribution in [0, 0.1) is 22.7 Å². The number of nitrogens with zero attached hydrogens (tertiary/aromatic N) is 2. The molecule has 22 heavy (non-hydrogen) atoms. The fraction of sp³-hybridized carbons (Fsp3) is 0.222. The van der Waals surface area contributed by atoms with Crippen LogP contribution in [0.5, 0.6) is 0 Å². The Morgan fingerprint density at radius 3 is 1.68 bits per heavy atom. The summed E-state index contributed by atoms with van der Waals surface area (Å²) >= 11 is 3.57. The first-order valence-electron chi connectivity index (χ1n) is 6.99. The minimum absolute atomic E-state index is 0.702. The lowest BCUT2D eigenvalue weighted by molar-refractivity contribution is 1.27. The number of rotatable bonds is 0. The average Bonchev–Trinajstić information content (AvgIpc) is 2.56. The van der Waals surface area contributed by atoms with Crippen molar-refractivity contribution in [3.8, 4) is 12.1 Å². The van der Waals surface area contributed by atoms with Gasteiger partial charge in [-0.3, -0.25) is 0 Å². The molecule has 0 aromatic heterocycles. The van der Waals surface area contributed by atoms with Gasteiger partial charge in [0, 0.05) is 23.0 Å². The second-order valence-corrected chi connectivity index (χ2v) is 7.17. The molecule has 0 N–H and O–H groups in total. The quantitative estimate of drug-likeness (QED) is 0.710. The zero-order chi connectivity index (χ0) is 15.4. The first-order valence-corrected chi connectivity index (χ1v) is 9.30. The lowest BCUT2D eigenvalue weighted by Crippen LogP contribution is -1.96. The summed E-state index contributed by atoms with van der Waals surface area (Å²) in [6.07, 6.45) is 0. The van der Waals surface area contributed by atoms with Crippen molar-refractivity contribution >= 4 is 23.5 Å². The van der Waals surface area contributed by atoms with Gasteiger partial charge < -0.3 is 0 Å². The van der Waals surface area contributed by atoms with E-state index in [-0.39, 0.29) is 0 Å².